The first-order chi connectivity index (χ1) is 13.3. The van der Waals surface area contributed by atoms with E-state index in [1.54, 1.807) is 6.20 Å². The summed E-state index contributed by atoms with van der Waals surface area (Å²) in [5, 5.41) is 7.99. The Morgan fingerprint density at radius 2 is 2.07 bits per heavy atom. The number of aliphatic imine (C=N–C) groups is 1. The Bertz CT molecular complexity index is 887. The van der Waals surface area contributed by atoms with Crippen molar-refractivity contribution >= 4 is 16.9 Å². The molecule has 0 amide bonds. The van der Waals surface area contributed by atoms with Gasteiger partial charge in [-0.3, -0.25) is 0 Å². The molecule has 27 heavy (non-hydrogen) atoms. The second-order valence-electron chi connectivity index (χ2n) is 6.17. The number of aromatic nitrogens is 2. The van der Waals surface area contributed by atoms with E-state index in [1.165, 1.54) is 16.5 Å². The van der Waals surface area contributed by atoms with Crippen LogP contribution in [0.4, 0.5) is 0 Å². The molecule has 6 nitrogen and oxygen atoms in total. The zero-order valence-electron chi connectivity index (χ0n) is 16.0. The Morgan fingerprint density at radius 1 is 1.19 bits per heavy atom. The van der Waals surface area contributed by atoms with Crippen LogP contribution in [-0.4, -0.2) is 35.6 Å². The highest BCUT2D eigenvalue weighted by Gasteiger charge is 2.04. The predicted molar refractivity (Wildman–Crippen MR) is 110 cm³/mol. The molecule has 3 rings (SSSR count). The number of ether oxygens (including phenoxy) is 1. The van der Waals surface area contributed by atoms with Crippen LogP contribution in [0.2, 0.25) is 0 Å². The highest BCUT2D eigenvalue weighted by atomic mass is 16.5. The van der Waals surface area contributed by atoms with Gasteiger partial charge in [0.1, 0.15) is 0 Å². The summed E-state index contributed by atoms with van der Waals surface area (Å²) in [4.78, 5) is 12.2. The van der Waals surface area contributed by atoms with Gasteiger partial charge < -0.3 is 20.4 Å². The maximum absolute atomic E-state index is 5.45. The Labute approximate surface area is 160 Å². The molecule has 0 fully saturated rings. The summed E-state index contributed by atoms with van der Waals surface area (Å²) in [6.45, 7) is 6.83. The molecule has 0 saturated heterocycles. The van der Waals surface area contributed by atoms with Gasteiger partial charge in [0.2, 0.25) is 5.88 Å². The van der Waals surface area contributed by atoms with Gasteiger partial charge in [0.05, 0.1) is 13.2 Å². The lowest BCUT2D eigenvalue weighted by Gasteiger charge is -2.11. The summed E-state index contributed by atoms with van der Waals surface area (Å²) < 4.78 is 5.45. The van der Waals surface area contributed by atoms with E-state index in [-0.39, 0.29) is 0 Å². The molecule has 0 aliphatic rings. The summed E-state index contributed by atoms with van der Waals surface area (Å²) in [6.07, 6.45) is 4.77. The zero-order chi connectivity index (χ0) is 18.9. The average molecular weight is 365 g/mol. The number of hydrogen-bond donors (Lipinski definition) is 3. The van der Waals surface area contributed by atoms with Crippen LogP contribution in [0.3, 0.4) is 0 Å². The molecule has 0 atom stereocenters. The summed E-state index contributed by atoms with van der Waals surface area (Å²) in [5.74, 6) is 1.45. The van der Waals surface area contributed by atoms with Gasteiger partial charge in [0, 0.05) is 42.5 Å². The van der Waals surface area contributed by atoms with E-state index in [9.17, 15) is 0 Å². The third-order valence-electron chi connectivity index (χ3n) is 4.22. The SMILES string of the molecule is CCNC(=NCc1ccnc(OCC)c1)NCCc1c[nH]c2ccccc12. The number of nitrogens with zero attached hydrogens (tertiary/aromatic N) is 2. The van der Waals surface area contributed by atoms with Crippen LogP contribution < -0.4 is 15.4 Å². The fourth-order valence-electron chi connectivity index (χ4n) is 2.94. The van der Waals surface area contributed by atoms with E-state index < -0.39 is 0 Å². The lowest BCUT2D eigenvalue weighted by Crippen LogP contribution is -2.38. The third-order valence-corrected chi connectivity index (χ3v) is 4.22. The molecule has 6 heteroatoms. The van der Waals surface area contributed by atoms with Crippen molar-refractivity contribution in [2.75, 3.05) is 19.7 Å². The minimum Gasteiger partial charge on any atom is -0.478 e. The molecular formula is C21H27N5O. The topological polar surface area (TPSA) is 74.3 Å². The lowest BCUT2D eigenvalue weighted by molar-refractivity contribution is 0.326. The van der Waals surface area contributed by atoms with Crippen LogP contribution >= 0.6 is 0 Å². The van der Waals surface area contributed by atoms with E-state index in [0.29, 0.717) is 19.0 Å². The molecule has 3 aromatic rings. The predicted octanol–water partition coefficient (Wildman–Crippen LogP) is 3.26. The number of H-pyrrole nitrogens is 1. The average Bonchev–Trinajstić information content (AvgIpc) is 3.10. The zero-order valence-corrected chi connectivity index (χ0v) is 16.0. The van der Waals surface area contributed by atoms with Crippen LogP contribution in [0.5, 0.6) is 5.88 Å². The van der Waals surface area contributed by atoms with E-state index in [4.69, 9.17) is 4.74 Å². The van der Waals surface area contributed by atoms with Gasteiger partial charge in [0.25, 0.3) is 0 Å². The van der Waals surface area contributed by atoms with Gasteiger partial charge in [-0.25, -0.2) is 9.98 Å². The molecule has 0 spiro atoms. The molecule has 0 aliphatic heterocycles. The Balaban J connectivity index is 1.58. The summed E-state index contributed by atoms with van der Waals surface area (Å²) in [6, 6.07) is 12.3. The number of hydrogen-bond acceptors (Lipinski definition) is 3. The number of guanidine groups is 1. The first-order valence-corrected chi connectivity index (χ1v) is 9.45. The summed E-state index contributed by atoms with van der Waals surface area (Å²) >= 11 is 0. The first-order valence-electron chi connectivity index (χ1n) is 9.45. The molecule has 0 bridgehead atoms. The van der Waals surface area contributed by atoms with Crippen molar-refractivity contribution in [3.63, 3.8) is 0 Å². The number of nitrogens with one attached hydrogen (secondary N) is 3. The van der Waals surface area contributed by atoms with E-state index in [0.717, 1.165) is 31.0 Å². The minimum atomic E-state index is 0.574. The number of fused-ring (bicyclic) bond motifs is 1. The van der Waals surface area contributed by atoms with E-state index in [2.05, 4.69) is 56.9 Å². The van der Waals surface area contributed by atoms with Gasteiger partial charge in [0.15, 0.2) is 5.96 Å². The Hall–Kier alpha value is -3.02. The van der Waals surface area contributed by atoms with E-state index >= 15 is 0 Å². The van der Waals surface area contributed by atoms with Crippen LogP contribution in [0.1, 0.15) is 25.0 Å². The number of pyridine rings is 1. The normalized spacial score (nSPS) is 11.6. The highest BCUT2D eigenvalue weighted by Crippen LogP contribution is 2.17. The minimum absolute atomic E-state index is 0.574. The monoisotopic (exact) mass is 365 g/mol. The molecule has 0 aliphatic carbocycles. The lowest BCUT2D eigenvalue weighted by atomic mass is 10.1. The molecule has 0 saturated carbocycles. The Morgan fingerprint density at radius 3 is 2.93 bits per heavy atom. The maximum Gasteiger partial charge on any atom is 0.213 e. The summed E-state index contributed by atoms with van der Waals surface area (Å²) in [5.41, 5.74) is 3.56. The molecule has 142 valence electrons. The number of benzene rings is 1. The number of aromatic amines is 1. The fourth-order valence-corrected chi connectivity index (χ4v) is 2.94. The molecular weight excluding hydrogens is 338 g/mol. The molecule has 0 unspecified atom stereocenters. The highest BCUT2D eigenvalue weighted by molar-refractivity contribution is 5.83. The van der Waals surface area contributed by atoms with Crippen LogP contribution in [0, 0.1) is 0 Å². The third kappa shape index (κ3) is 5.23. The van der Waals surface area contributed by atoms with Crippen molar-refractivity contribution in [3.8, 4) is 5.88 Å². The second-order valence-corrected chi connectivity index (χ2v) is 6.17. The molecule has 1 aromatic carbocycles. The van der Waals surface area contributed by atoms with Crippen molar-refractivity contribution < 1.29 is 4.74 Å². The van der Waals surface area contributed by atoms with E-state index in [1.807, 2.05) is 25.1 Å². The number of rotatable bonds is 8. The van der Waals surface area contributed by atoms with Gasteiger partial charge in [-0.2, -0.15) is 0 Å². The second kappa shape index (κ2) is 9.62. The molecule has 0 radical (unpaired) electrons. The quantitative estimate of drug-likeness (QED) is 0.423. The van der Waals surface area contributed by atoms with Crippen molar-refractivity contribution in [1.82, 2.24) is 20.6 Å². The van der Waals surface area contributed by atoms with Crippen LogP contribution in [-0.2, 0) is 13.0 Å². The Kier molecular flexibility index (Phi) is 6.68. The largest absolute Gasteiger partial charge is 0.478 e. The van der Waals surface area contributed by atoms with Crippen molar-refractivity contribution in [2.45, 2.75) is 26.8 Å². The standard InChI is InChI=1S/C21H27N5O/c1-3-22-21(26-14-16-9-11-23-20(13-16)27-4-2)24-12-10-17-15-25-19-8-6-5-7-18(17)19/h5-9,11,13,15,25H,3-4,10,12,14H2,1-2H3,(H2,22,24,26). The molecule has 2 aromatic heterocycles. The summed E-state index contributed by atoms with van der Waals surface area (Å²) in [7, 11) is 0. The maximum atomic E-state index is 5.45. The van der Waals surface area contributed by atoms with Crippen molar-refractivity contribution in [1.29, 1.82) is 0 Å². The molecule has 3 N–H and O–H groups in total. The molecule has 2 heterocycles. The fraction of sp³-hybridized carbons (Fsp3) is 0.333. The number of para-hydroxylation sites is 1. The van der Waals surface area contributed by atoms with Gasteiger partial charge in [-0.05, 0) is 43.5 Å². The van der Waals surface area contributed by atoms with Gasteiger partial charge in [-0.1, -0.05) is 18.2 Å². The first kappa shape index (κ1) is 18.8. The van der Waals surface area contributed by atoms with Crippen LogP contribution in [0.25, 0.3) is 10.9 Å². The smallest absolute Gasteiger partial charge is 0.213 e. The van der Waals surface area contributed by atoms with Crippen molar-refractivity contribution in [2.24, 2.45) is 4.99 Å². The van der Waals surface area contributed by atoms with Gasteiger partial charge in [-0.15, -0.1) is 0 Å². The van der Waals surface area contributed by atoms with Crippen LogP contribution in [0.15, 0.2) is 53.8 Å². The van der Waals surface area contributed by atoms with Crippen molar-refractivity contribution in [3.05, 3.63) is 59.9 Å². The van der Waals surface area contributed by atoms with Gasteiger partial charge >= 0.3 is 0 Å².